The molecule has 4 nitrogen and oxygen atoms in total. The van der Waals surface area contributed by atoms with Crippen LogP contribution in [0.2, 0.25) is 0 Å². The third kappa shape index (κ3) is 5.77. The fourth-order valence-electron chi connectivity index (χ4n) is 4.48. The number of likely N-dealkylation sites (tertiary alicyclic amines) is 1. The summed E-state index contributed by atoms with van der Waals surface area (Å²) in [7, 11) is 0. The Morgan fingerprint density at radius 3 is 2.00 bits per heavy atom. The van der Waals surface area contributed by atoms with Gasteiger partial charge in [-0.05, 0) is 48.6 Å². The van der Waals surface area contributed by atoms with Gasteiger partial charge in [0.25, 0.3) is 0 Å². The van der Waals surface area contributed by atoms with Crippen molar-refractivity contribution in [3.8, 4) is 5.75 Å². The Labute approximate surface area is 191 Å². The fourth-order valence-corrected chi connectivity index (χ4v) is 4.48. The van der Waals surface area contributed by atoms with Gasteiger partial charge in [0.1, 0.15) is 12.4 Å². The highest BCUT2D eigenvalue weighted by atomic mass is 16.5. The largest absolute Gasteiger partial charge is 0.489 e. The average Bonchev–Trinajstić information content (AvgIpc) is 2.84. The van der Waals surface area contributed by atoms with Crippen LogP contribution >= 0.6 is 0 Å². The number of benzene rings is 3. The minimum Gasteiger partial charge on any atom is -0.489 e. The molecule has 3 aromatic rings. The summed E-state index contributed by atoms with van der Waals surface area (Å²) in [6.07, 6.45) is 1.53. The van der Waals surface area contributed by atoms with Crippen LogP contribution in [0.15, 0.2) is 84.9 Å². The van der Waals surface area contributed by atoms with E-state index in [0.29, 0.717) is 25.9 Å². The molecule has 0 bridgehead atoms. The van der Waals surface area contributed by atoms with Crippen LogP contribution in [0.25, 0.3) is 0 Å². The molecular weight excluding hydrogens is 398 g/mol. The van der Waals surface area contributed by atoms with E-state index in [4.69, 9.17) is 4.74 Å². The van der Waals surface area contributed by atoms with Gasteiger partial charge in [-0.15, -0.1) is 0 Å². The molecule has 0 unspecified atom stereocenters. The molecule has 1 heterocycles. The maximum absolute atomic E-state index is 11.0. The van der Waals surface area contributed by atoms with E-state index in [1.54, 1.807) is 0 Å². The van der Waals surface area contributed by atoms with Crippen LogP contribution in [0.4, 0.5) is 0 Å². The summed E-state index contributed by atoms with van der Waals surface area (Å²) in [6, 6.07) is 28.0. The number of ether oxygens (including phenoxy) is 1. The van der Waals surface area contributed by atoms with Crippen molar-refractivity contribution in [2.75, 3.05) is 13.1 Å². The Morgan fingerprint density at radius 1 is 0.844 bits per heavy atom. The Morgan fingerprint density at radius 2 is 1.41 bits per heavy atom. The molecule has 1 aliphatic heterocycles. The van der Waals surface area contributed by atoms with E-state index in [-0.39, 0.29) is 6.04 Å². The summed E-state index contributed by atoms with van der Waals surface area (Å²) in [6.45, 7) is 4.14. The second-order valence-corrected chi connectivity index (χ2v) is 8.95. The van der Waals surface area contributed by atoms with E-state index in [0.717, 1.165) is 30.0 Å². The van der Waals surface area contributed by atoms with E-state index >= 15 is 0 Å². The van der Waals surface area contributed by atoms with Crippen molar-refractivity contribution in [3.63, 3.8) is 0 Å². The lowest BCUT2D eigenvalue weighted by molar-refractivity contribution is -0.0456. The topological polar surface area (TPSA) is 52.9 Å². The predicted octanol–water partition coefficient (Wildman–Crippen LogP) is 4.76. The summed E-state index contributed by atoms with van der Waals surface area (Å²) in [5, 5.41) is 22.0. The zero-order chi connectivity index (χ0) is 22.4. The summed E-state index contributed by atoms with van der Waals surface area (Å²) >= 11 is 0. The lowest BCUT2D eigenvalue weighted by Crippen LogP contribution is -2.49. The van der Waals surface area contributed by atoms with Gasteiger partial charge in [-0.2, -0.15) is 0 Å². The lowest BCUT2D eigenvalue weighted by Gasteiger charge is -2.42. The van der Waals surface area contributed by atoms with Gasteiger partial charge in [0.15, 0.2) is 0 Å². The van der Waals surface area contributed by atoms with E-state index in [1.807, 2.05) is 72.8 Å². The molecule has 3 aromatic carbocycles. The van der Waals surface area contributed by atoms with Gasteiger partial charge in [-0.3, -0.25) is 4.90 Å². The average molecular weight is 432 g/mol. The van der Waals surface area contributed by atoms with Gasteiger partial charge in [-0.25, -0.2) is 0 Å². The van der Waals surface area contributed by atoms with Gasteiger partial charge in [0.2, 0.25) is 0 Å². The van der Waals surface area contributed by atoms with Crippen molar-refractivity contribution in [1.29, 1.82) is 0 Å². The molecule has 0 saturated carbocycles. The molecular formula is C28H33NO3. The van der Waals surface area contributed by atoms with E-state index in [1.165, 1.54) is 5.56 Å². The quantitative estimate of drug-likeness (QED) is 0.540. The third-order valence-corrected chi connectivity index (χ3v) is 6.61. The molecule has 1 saturated heterocycles. The zero-order valence-corrected chi connectivity index (χ0v) is 18.7. The van der Waals surface area contributed by atoms with Crippen LogP contribution in [0, 0.1) is 0 Å². The van der Waals surface area contributed by atoms with Crippen molar-refractivity contribution in [3.05, 3.63) is 102 Å². The summed E-state index contributed by atoms with van der Waals surface area (Å²) in [5.41, 5.74) is 2.52. The number of nitrogens with zero attached hydrogens (tertiary/aromatic N) is 1. The highest BCUT2D eigenvalue weighted by Crippen LogP contribution is 2.30. The Kier molecular flexibility index (Phi) is 7.26. The second-order valence-electron chi connectivity index (χ2n) is 8.95. The molecule has 0 aliphatic carbocycles. The monoisotopic (exact) mass is 431 g/mol. The zero-order valence-electron chi connectivity index (χ0n) is 18.7. The number of rotatable bonds is 8. The van der Waals surface area contributed by atoms with Gasteiger partial charge < -0.3 is 14.9 Å². The standard InChI is InChI=1S/C28H33NO3/c1-22(29-18-16-28(31,17-19-29)20-23-8-4-2-5-9-23)27(30)25-12-14-26(15-13-25)32-21-24-10-6-3-7-11-24/h2-15,22,27,30-31H,16-21H2,1H3/t22-,27-/m1/s1. The molecule has 0 amide bonds. The van der Waals surface area contributed by atoms with Crippen LogP contribution in [0.1, 0.15) is 42.6 Å². The van der Waals surface area contributed by atoms with E-state index in [2.05, 4.69) is 24.0 Å². The van der Waals surface area contributed by atoms with Gasteiger partial charge in [0, 0.05) is 25.6 Å². The van der Waals surface area contributed by atoms with Gasteiger partial charge >= 0.3 is 0 Å². The molecule has 2 N–H and O–H groups in total. The van der Waals surface area contributed by atoms with Crippen LogP contribution in [-0.4, -0.2) is 39.8 Å². The molecule has 4 heteroatoms. The van der Waals surface area contributed by atoms with E-state index < -0.39 is 11.7 Å². The first-order valence-corrected chi connectivity index (χ1v) is 11.5. The molecule has 0 spiro atoms. The van der Waals surface area contributed by atoms with Crippen molar-refractivity contribution in [1.82, 2.24) is 4.90 Å². The minimum atomic E-state index is -0.666. The summed E-state index contributed by atoms with van der Waals surface area (Å²) in [4.78, 5) is 2.28. The van der Waals surface area contributed by atoms with Crippen molar-refractivity contribution in [2.24, 2.45) is 0 Å². The van der Waals surface area contributed by atoms with Gasteiger partial charge in [0.05, 0.1) is 11.7 Å². The minimum absolute atomic E-state index is 0.0210. The summed E-state index contributed by atoms with van der Waals surface area (Å²) in [5.74, 6) is 0.793. The Hall–Kier alpha value is -2.66. The first-order chi connectivity index (χ1) is 15.5. The SMILES string of the molecule is C[C@H]([C@@H](O)c1ccc(OCc2ccccc2)cc1)N1CCC(O)(Cc2ccccc2)CC1. The number of aliphatic hydroxyl groups excluding tert-OH is 1. The third-order valence-electron chi connectivity index (χ3n) is 6.61. The first kappa shape index (κ1) is 22.5. The highest BCUT2D eigenvalue weighted by Gasteiger charge is 2.35. The predicted molar refractivity (Wildman–Crippen MR) is 128 cm³/mol. The normalized spacial score (nSPS) is 18.1. The van der Waals surface area contributed by atoms with E-state index in [9.17, 15) is 10.2 Å². The molecule has 4 rings (SSSR count). The van der Waals surface area contributed by atoms with Crippen molar-refractivity contribution < 1.29 is 14.9 Å². The molecule has 2 atom stereocenters. The summed E-state index contributed by atoms with van der Waals surface area (Å²) < 4.78 is 5.86. The van der Waals surface area contributed by atoms with Crippen molar-refractivity contribution >= 4 is 0 Å². The smallest absolute Gasteiger partial charge is 0.119 e. The highest BCUT2D eigenvalue weighted by molar-refractivity contribution is 5.29. The Bertz CT molecular complexity index is 951. The Balaban J connectivity index is 1.29. The first-order valence-electron chi connectivity index (χ1n) is 11.5. The van der Waals surface area contributed by atoms with Crippen molar-refractivity contribution in [2.45, 2.75) is 50.5 Å². The number of aliphatic hydroxyl groups is 2. The number of hydrogen-bond donors (Lipinski definition) is 2. The van der Waals surface area contributed by atoms with Crippen LogP contribution in [0.5, 0.6) is 5.75 Å². The molecule has 1 aliphatic rings. The molecule has 1 fully saturated rings. The van der Waals surface area contributed by atoms with Gasteiger partial charge in [-0.1, -0.05) is 72.8 Å². The maximum Gasteiger partial charge on any atom is 0.119 e. The maximum atomic E-state index is 11.0. The van der Waals surface area contributed by atoms with Crippen LogP contribution in [-0.2, 0) is 13.0 Å². The number of piperidine rings is 1. The lowest BCUT2D eigenvalue weighted by atomic mass is 9.84. The number of hydrogen-bond acceptors (Lipinski definition) is 4. The molecule has 168 valence electrons. The fraction of sp³-hybridized carbons (Fsp3) is 0.357. The molecule has 32 heavy (non-hydrogen) atoms. The second kappa shape index (κ2) is 10.3. The molecule has 0 radical (unpaired) electrons. The van der Waals surface area contributed by atoms with Crippen LogP contribution in [0.3, 0.4) is 0 Å². The molecule has 0 aromatic heterocycles. The van der Waals surface area contributed by atoms with Crippen LogP contribution < -0.4 is 4.74 Å².